The van der Waals surface area contributed by atoms with Crippen LogP contribution in [0.15, 0.2) is 46.0 Å². The molecule has 4 N–H and O–H groups in total. The lowest BCUT2D eigenvalue weighted by Crippen LogP contribution is -2.10. The van der Waals surface area contributed by atoms with Gasteiger partial charge >= 0.3 is 0 Å². The van der Waals surface area contributed by atoms with Crippen LogP contribution in [-0.4, -0.2) is 27.2 Å². The first-order valence-electron chi connectivity index (χ1n) is 6.35. The number of hydrogen-bond acceptors (Lipinski definition) is 4. The van der Waals surface area contributed by atoms with E-state index in [-0.39, 0.29) is 5.88 Å². The largest absolute Gasteiger partial charge is 0.494 e. The van der Waals surface area contributed by atoms with Gasteiger partial charge in [-0.1, -0.05) is 6.07 Å². The highest BCUT2D eigenvalue weighted by Crippen LogP contribution is 2.27. The van der Waals surface area contributed by atoms with Crippen molar-refractivity contribution in [1.82, 2.24) is 9.97 Å². The molecule has 6 nitrogen and oxygen atoms in total. The molecule has 0 fully saturated rings. The van der Waals surface area contributed by atoms with Crippen molar-refractivity contribution in [3.8, 4) is 5.88 Å². The molecular weight excluding hydrogens is 348 g/mol. The summed E-state index contributed by atoms with van der Waals surface area (Å²) in [6.45, 7) is 0. The van der Waals surface area contributed by atoms with Crippen LogP contribution in [0, 0.1) is 0 Å². The molecule has 0 aliphatic carbocycles. The first-order chi connectivity index (χ1) is 10.5. The number of primary amides is 1. The molecule has 7 heteroatoms. The van der Waals surface area contributed by atoms with E-state index in [4.69, 9.17) is 5.73 Å². The number of pyridine rings is 1. The van der Waals surface area contributed by atoms with Crippen molar-refractivity contribution in [2.75, 3.05) is 0 Å². The number of aliphatic imine (C=N–C) groups is 1. The van der Waals surface area contributed by atoms with Crippen LogP contribution in [0.1, 0.15) is 15.9 Å². The van der Waals surface area contributed by atoms with Crippen molar-refractivity contribution in [3.05, 3.63) is 52.1 Å². The van der Waals surface area contributed by atoms with Crippen LogP contribution < -0.4 is 5.73 Å². The molecule has 3 aromatic rings. The zero-order valence-corrected chi connectivity index (χ0v) is 12.8. The van der Waals surface area contributed by atoms with Crippen LogP contribution in [0.3, 0.4) is 0 Å². The SMILES string of the molecule is NC(=O)c1cccc(N=Cc2c(O)[nH]c3ncc(Br)cc23)c1. The van der Waals surface area contributed by atoms with E-state index in [1.54, 1.807) is 30.5 Å². The molecule has 0 aliphatic rings. The predicted molar refractivity (Wildman–Crippen MR) is 87.7 cm³/mol. The van der Waals surface area contributed by atoms with Gasteiger partial charge < -0.3 is 15.8 Å². The van der Waals surface area contributed by atoms with E-state index >= 15 is 0 Å². The molecular formula is C15H11BrN4O2. The maximum atomic E-state index is 11.2. The number of nitrogens with zero attached hydrogens (tertiary/aromatic N) is 2. The van der Waals surface area contributed by atoms with Crippen LogP contribution in [0.4, 0.5) is 5.69 Å². The lowest BCUT2D eigenvalue weighted by molar-refractivity contribution is 0.100. The molecule has 0 spiro atoms. The number of rotatable bonds is 3. The summed E-state index contributed by atoms with van der Waals surface area (Å²) in [4.78, 5) is 22.4. The van der Waals surface area contributed by atoms with E-state index in [9.17, 15) is 9.90 Å². The van der Waals surface area contributed by atoms with Gasteiger partial charge in [-0.05, 0) is 40.2 Å². The van der Waals surface area contributed by atoms with Crippen molar-refractivity contribution in [2.24, 2.45) is 10.7 Å². The van der Waals surface area contributed by atoms with Gasteiger partial charge in [0.25, 0.3) is 0 Å². The minimum atomic E-state index is -0.514. The highest BCUT2D eigenvalue weighted by Gasteiger charge is 2.10. The number of H-pyrrole nitrogens is 1. The summed E-state index contributed by atoms with van der Waals surface area (Å²) in [5.41, 5.74) is 7.26. The van der Waals surface area contributed by atoms with E-state index in [0.717, 1.165) is 9.86 Å². The van der Waals surface area contributed by atoms with Gasteiger partial charge in [0.2, 0.25) is 5.91 Å². The number of aromatic nitrogens is 2. The molecule has 2 heterocycles. The van der Waals surface area contributed by atoms with E-state index in [2.05, 4.69) is 30.9 Å². The normalized spacial score (nSPS) is 11.3. The Labute approximate surface area is 133 Å². The average molecular weight is 359 g/mol. The molecule has 22 heavy (non-hydrogen) atoms. The quantitative estimate of drug-likeness (QED) is 0.626. The van der Waals surface area contributed by atoms with Crippen LogP contribution in [0.25, 0.3) is 11.0 Å². The molecule has 0 aliphatic heterocycles. The third kappa shape index (κ3) is 2.71. The topological polar surface area (TPSA) is 104 Å². The van der Waals surface area contributed by atoms with Crippen LogP contribution >= 0.6 is 15.9 Å². The summed E-state index contributed by atoms with van der Waals surface area (Å²) < 4.78 is 0.796. The predicted octanol–water partition coefficient (Wildman–Crippen LogP) is 2.88. The summed E-state index contributed by atoms with van der Waals surface area (Å²) in [5.74, 6) is -0.532. The van der Waals surface area contributed by atoms with Gasteiger partial charge in [0.05, 0.1) is 11.3 Å². The Hall–Kier alpha value is -2.67. The Balaban J connectivity index is 2.02. The number of aromatic hydroxyl groups is 1. The van der Waals surface area contributed by atoms with Gasteiger partial charge in [-0.25, -0.2) is 4.98 Å². The Morgan fingerprint density at radius 1 is 1.41 bits per heavy atom. The number of halogens is 1. The Kier molecular flexibility index (Phi) is 3.64. The molecule has 0 unspecified atom stereocenters. The summed E-state index contributed by atoms with van der Waals surface area (Å²) in [6, 6.07) is 8.47. The van der Waals surface area contributed by atoms with Gasteiger partial charge in [-0.15, -0.1) is 0 Å². The minimum Gasteiger partial charge on any atom is -0.494 e. The van der Waals surface area contributed by atoms with E-state index in [1.165, 1.54) is 6.21 Å². The van der Waals surface area contributed by atoms with Gasteiger partial charge in [-0.3, -0.25) is 9.79 Å². The molecule has 0 saturated carbocycles. The molecule has 0 atom stereocenters. The standard InChI is InChI=1S/C15H11BrN4O2/c16-9-5-11-12(15(22)20-14(11)19-6-9)7-18-10-3-1-2-8(4-10)13(17)21/h1-7,22H,(H2,17,21)(H,19,20). The summed E-state index contributed by atoms with van der Waals surface area (Å²) >= 11 is 3.34. The second kappa shape index (κ2) is 5.61. The second-order valence-corrected chi connectivity index (χ2v) is 5.53. The van der Waals surface area contributed by atoms with Gasteiger partial charge in [0, 0.05) is 27.8 Å². The lowest BCUT2D eigenvalue weighted by Gasteiger charge is -1.97. The molecule has 1 aromatic carbocycles. The number of fused-ring (bicyclic) bond motifs is 1. The van der Waals surface area contributed by atoms with E-state index < -0.39 is 5.91 Å². The number of benzene rings is 1. The average Bonchev–Trinajstić information content (AvgIpc) is 2.80. The molecule has 0 bridgehead atoms. The smallest absolute Gasteiger partial charge is 0.248 e. The summed E-state index contributed by atoms with van der Waals surface area (Å²) in [7, 11) is 0. The van der Waals surface area contributed by atoms with Gasteiger partial charge in [0.15, 0.2) is 5.88 Å². The van der Waals surface area contributed by atoms with Crippen molar-refractivity contribution in [1.29, 1.82) is 0 Å². The van der Waals surface area contributed by atoms with E-state index in [1.807, 2.05) is 6.07 Å². The fourth-order valence-electron chi connectivity index (χ4n) is 2.06. The number of nitrogens with two attached hydrogens (primary N) is 1. The monoisotopic (exact) mass is 358 g/mol. The molecule has 1 amide bonds. The number of amides is 1. The van der Waals surface area contributed by atoms with Crippen LogP contribution in [0.5, 0.6) is 5.88 Å². The summed E-state index contributed by atoms with van der Waals surface area (Å²) in [5, 5.41) is 10.7. The lowest BCUT2D eigenvalue weighted by atomic mass is 10.2. The fourth-order valence-corrected chi connectivity index (χ4v) is 2.39. The third-order valence-corrected chi connectivity index (χ3v) is 3.54. The Morgan fingerprint density at radius 2 is 2.23 bits per heavy atom. The van der Waals surface area contributed by atoms with Crippen molar-refractivity contribution >= 4 is 44.8 Å². The fraction of sp³-hybridized carbons (Fsp3) is 0. The number of carbonyl (C=O) groups excluding carboxylic acids is 1. The number of carbonyl (C=O) groups is 1. The number of aromatic amines is 1. The van der Waals surface area contributed by atoms with E-state index in [0.29, 0.717) is 22.5 Å². The Morgan fingerprint density at radius 3 is 3.00 bits per heavy atom. The van der Waals surface area contributed by atoms with Crippen molar-refractivity contribution in [2.45, 2.75) is 0 Å². The number of hydrogen-bond donors (Lipinski definition) is 3. The minimum absolute atomic E-state index is 0.0181. The maximum Gasteiger partial charge on any atom is 0.248 e. The third-order valence-electron chi connectivity index (χ3n) is 3.11. The molecule has 0 saturated heterocycles. The van der Waals surface area contributed by atoms with Crippen molar-refractivity contribution in [3.63, 3.8) is 0 Å². The molecule has 3 rings (SSSR count). The van der Waals surface area contributed by atoms with Crippen molar-refractivity contribution < 1.29 is 9.90 Å². The number of nitrogens with one attached hydrogen (secondary N) is 1. The summed E-state index contributed by atoms with van der Waals surface area (Å²) in [6.07, 6.45) is 3.15. The maximum absolute atomic E-state index is 11.2. The molecule has 0 radical (unpaired) electrons. The first-order valence-corrected chi connectivity index (χ1v) is 7.14. The first kappa shape index (κ1) is 14.3. The van der Waals surface area contributed by atoms with Crippen LogP contribution in [-0.2, 0) is 0 Å². The van der Waals surface area contributed by atoms with Crippen LogP contribution in [0.2, 0.25) is 0 Å². The van der Waals surface area contributed by atoms with Gasteiger partial charge in [0.1, 0.15) is 5.65 Å². The highest BCUT2D eigenvalue weighted by molar-refractivity contribution is 9.10. The zero-order chi connectivity index (χ0) is 15.7. The molecule has 110 valence electrons. The zero-order valence-electron chi connectivity index (χ0n) is 11.2. The Bertz CT molecular complexity index is 902. The second-order valence-electron chi connectivity index (χ2n) is 4.61. The molecule has 2 aromatic heterocycles. The van der Waals surface area contributed by atoms with Gasteiger partial charge in [-0.2, -0.15) is 0 Å². The highest BCUT2D eigenvalue weighted by atomic mass is 79.9.